The van der Waals surface area contributed by atoms with E-state index in [0.29, 0.717) is 18.7 Å². The van der Waals surface area contributed by atoms with Gasteiger partial charge in [-0.1, -0.05) is 20.8 Å². The van der Waals surface area contributed by atoms with Crippen molar-refractivity contribution in [3.63, 3.8) is 0 Å². The second kappa shape index (κ2) is 6.36. The third kappa shape index (κ3) is 3.25. The number of aryl methyl sites for hydroxylation is 1. The molecule has 1 aromatic rings. The standard InChI is InChI=1S/C12H20N4O4/c1-5-6-15(7-9(17)18)12-11(16(19)20)10(8(2)3)13-14(12)4/h8H,5-7H2,1-4H3,(H,17,18). The van der Waals surface area contributed by atoms with E-state index in [1.54, 1.807) is 7.05 Å². The molecular formula is C12H20N4O4. The first-order valence-corrected chi connectivity index (χ1v) is 6.47. The molecular weight excluding hydrogens is 264 g/mol. The Bertz CT molecular complexity index is 510. The van der Waals surface area contributed by atoms with Crippen LogP contribution in [0.1, 0.15) is 38.8 Å². The van der Waals surface area contributed by atoms with Crippen LogP contribution in [-0.2, 0) is 11.8 Å². The molecule has 1 aromatic heterocycles. The number of anilines is 1. The van der Waals surface area contributed by atoms with Crippen molar-refractivity contribution in [2.75, 3.05) is 18.0 Å². The molecule has 0 aliphatic carbocycles. The molecule has 8 heteroatoms. The molecule has 1 N–H and O–H groups in total. The Kier molecular flexibility index (Phi) is 5.06. The van der Waals surface area contributed by atoms with Crippen molar-refractivity contribution in [2.45, 2.75) is 33.1 Å². The molecule has 0 saturated heterocycles. The van der Waals surface area contributed by atoms with Crippen molar-refractivity contribution in [3.05, 3.63) is 15.8 Å². The lowest BCUT2D eigenvalue weighted by Gasteiger charge is -2.20. The zero-order valence-electron chi connectivity index (χ0n) is 12.2. The lowest BCUT2D eigenvalue weighted by Crippen LogP contribution is -2.32. The number of hydrogen-bond acceptors (Lipinski definition) is 5. The molecule has 1 rings (SSSR count). The van der Waals surface area contributed by atoms with Gasteiger partial charge in [-0.25, -0.2) is 4.68 Å². The van der Waals surface area contributed by atoms with Gasteiger partial charge in [-0.15, -0.1) is 0 Å². The Morgan fingerprint density at radius 2 is 2.15 bits per heavy atom. The Labute approximate surface area is 117 Å². The third-order valence-corrected chi connectivity index (χ3v) is 2.87. The summed E-state index contributed by atoms with van der Waals surface area (Å²) in [6, 6.07) is 0. The summed E-state index contributed by atoms with van der Waals surface area (Å²) >= 11 is 0. The number of carbonyl (C=O) groups is 1. The van der Waals surface area contributed by atoms with Crippen molar-refractivity contribution in [1.29, 1.82) is 0 Å². The second-order valence-corrected chi connectivity index (χ2v) is 4.91. The predicted octanol–water partition coefficient (Wildman–Crippen LogP) is 1.75. The maximum Gasteiger partial charge on any atom is 0.334 e. The highest BCUT2D eigenvalue weighted by atomic mass is 16.6. The number of nitro groups is 1. The minimum Gasteiger partial charge on any atom is -0.480 e. The maximum absolute atomic E-state index is 11.3. The number of nitrogens with zero attached hydrogens (tertiary/aromatic N) is 4. The average Bonchev–Trinajstić information content (AvgIpc) is 2.66. The number of aromatic nitrogens is 2. The zero-order valence-corrected chi connectivity index (χ0v) is 12.2. The van der Waals surface area contributed by atoms with E-state index in [-0.39, 0.29) is 24.0 Å². The van der Waals surface area contributed by atoms with Gasteiger partial charge in [0.05, 0.1) is 4.92 Å². The van der Waals surface area contributed by atoms with Gasteiger partial charge >= 0.3 is 11.7 Å². The molecule has 0 bridgehead atoms. The van der Waals surface area contributed by atoms with Crippen LogP contribution in [-0.4, -0.2) is 38.9 Å². The highest BCUT2D eigenvalue weighted by Crippen LogP contribution is 2.35. The minimum atomic E-state index is -1.03. The zero-order chi connectivity index (χ0) is 15.4. The van der Waals surface area contributed by atoms with Crippen molar-refractivity contribution < 1.29 is 14.8 Å². The summed E-state index contributed by atoms with van der Waals surface area (Å²) in [6.45, 7) is 5.66. The molecule has 0 aliphatic heterocycles. The molecule has 0 radical (unpaired) electrons. The first kappa shape index (κ1) is 15.9. The number of aliphatic carboxylic acids is 1. The molecule has 0 aliphatic rings. The molecule has 20 heavy (non-hydrogen) atoms. The Morgan fingerprint density at radius 3 is 2.55 bits per heavy atom. The monoisotopic (exact) mass is 284 g/mol. The highest BCUT2D eigenvalue weighted by Gasteiger charge is 2.32. The molecule has 0 saturated carbocycles. The first-order chi connectivity index (χ1) is 9.29. The fourth-order valence-electron chi connectivity index (χ4n) is 2.14. The van der Waals surface area contributed by atoms with Gasteiger partial charge in [-0.2, -0.15) is 5.10 Å². The van der Waals surface area contributed by atoms with E-state index in [1.807, 2.05) is 20.8 Å². The van der Waals surface area contributed by atoms with Crippen molar-refractivity contribution in [3.8, 4) is 0 Å². The van der Waals surface area contributed by atoms with Gasteiger partial charge in [-0.05, 0) is 6.42 Å². The molecule has 0 spiro atoms. The van der Waals surface area contributed by atoms with E-state index < -0.39 is 10.9 Å². The van der Waals surface area contributed by atoms with Crippen LogP contribution in [0.25, 0.3) is 0 Å². The fraction of sp³-hybridized carbons (Fsp3) is 0.667. The van der Waals surface area contributed by atoms with Crippen LogP contribution in [0.4, 0.5) is 11.5 Å². The summed E-state index contributed by atoms with van der Waals surface area (Å²) in [5, 5.41) is 24.5. The second-order valence-electron chi connectivity index (χ2n) is 4.91. The minimum absolute atomic E-state index is 0.0998. The van der Waals surface area contributed by atoms with Gasteiger partial charge < -0.3 is 10.0 Å². The topological polar surface area (TPSA) is 102 Å². The summed E-state index contributed by atoms with van der Waals surface area (Å²) in [5.41, 5.74) is 0.274. The predicted molar refractivity (Wildman–Crippen MR) is 74.1 cm³/mol. The first-order valence-electron chi connectivity index (χ1n) is 6.47. The number of carboxylic acid groups (broad SMARTS) is 1. The Hall–Kier alpha value is -2.12. The summed E-state index contributed by atoms with van der Waals surface area (Å²) in [5.74, 6) is -0.883. The van der Waals surface area contributed by atoms with E-state index in [4.69, 9.17) is 5.11 Å². The summed E-state index contributed by atoms with van der Waals surface area (Å²) in [6.07, 6.45) is 0.687. The summed E-state index contributed by atoms with van der Waals surface area (Å²) < 4.78 is 1.39. The molecule has 0 amide bonds. The normalized spacial score (nSPS) is 10.8. The fourth-order valence-corrected chi connectivity index (χ4v) is 2.14. The lowest BCUT2D eigenvalue weighted by atomic mass is 10.1. The van der Waals surface area contributed by atoms with Crippen LogP contribution in [0.3, 0.4) is 0 Å². The smallest absolute Gasteiger partial charge is 0.334 e. The van der Waals surface area contributed by atoms with Gasteiger partial charge in [0.25, 0.3) is 0 Å². The van der Waals surface area contributed by atoms with Crippen molar-refractivity contribution >= 4 is 17.5 Å². The van der Waals surface area contributed by atoms with Crippen LogP contribution < -0.4 is 4.90 Å². The summed E-state index contributed by atoms with van der Waals surface area (Å²) in [7, 11) is 1.60. The van der Waals surface area contributed by atoms with E-state index in [9.17, 15) is 14.9 Å². The number of rotatable bonds is 7. The summed E-state index contributed by atoms with van der Waals surface area (Å²) in [4.78, 5) is 23.3. The highest BCUT2D eigenvalue weighted by molar-refractivity contribution is 5.75. The van der Waals surface area contributed by atoms with Gasteiger partial charge in [-0.3, -0.25) is 14.9 Å². The van der Waals surface area contributed by atoms with Crippen LogP contribution in [0.15, 0.2) is 0 Å². The van der Waals surface area contributed by atoms with Crippen molar-refractivity contribution in [2.24, 2.45) is 7.05 Å². The Morgan fingerprint density at radius 1 is 1.55 bits per heavy atom. The van der Waals surface area contributed by atoms with Crippen LogP contribution in [0.5, 0.6) is 0 Å². The molecule has 0 atom stereocenters. The van der Waals surface area contributed by atoms with Crippen molar-refractivity contribution in [1.82, 2.24) is 9.78 Å². The molecule has 112 valence electrons. The van der Waals surface area contributed by atoms with Crippen LogP contribution >= 0.6 is 0 Å². The quantitative estimate of drug-likeness (QED) is 0.604. The molecule has 1 heterocycles. The SMILES string of the molecule is CCCN(CC(=O)O)c1c([N+](=O)[O-])c(C(C)C)nn1C. The van der Waals surface area contributed by atoms with E-state index in [0.717, 1.165) is 0 Å². The number of carboxylic acids is 1. The largest absolute Gasteiger partial charge is 0.480 e. The van der Waals surface area contributed by atoms with E-state index >= 15 is 0 Å². The van der Waals surface area contributed by atoms with Crippen LogP contribution in [0.2, 0.25) is 0 Å². The van der Waals surface area contributed by atoms with Gasteiger partial charge in [0.2, 0.25) is 5.82 Å². The van der Waals surface area contributed by atoms with E-state index in [2.05, 4.69) is 5.10 Å². The third-order valence-electron chi connectivity index (χ3n) is 2.87. The van der Waals surface area contributed by atoms with Gasteiger partial charge in [0.15, 0.2) is 0 Å². The molecule has 0 unspecified atom stereocenters. The molecule has 8 nitrogen and oxygen atoms in total. The van der Waals surface area contributed by atoms with Gasteiger partial charge in [0, 0.05) is 19.5 Å². The maximum atomic E-state index is 11.3. The van der Waals surface area contributed by atoms with Gasteiger partial charge in [0.1, 0.15) is 12.2 Å². The van der Waals surface area contributed by atoms with Crippen LogP contribution in [0, 0.1) is 10.1 Å². The molecule has 0 fully saturated rings. The molecule has 0 aromatic carbocycles. The Balaban J connectivity index is 3.39. The lowest BCUT2D eigenvalue weighted by molar-refractivity contribution is -0.385. The average molecular weight is 284 g/mol. The number of hydrogen-bond donors (Lipinski definition) is 1. The van der Waals surface area contributed by atoms with E-state index in [1.165, 1.54) is 9.58 Å².